The number of amides is 2. The van der Waals surface area contributed by atoms with Crippen LogP contribution in [0, 0.1) is 0 Å². The number of carbonyl (C=O) groups is 1. The van der Waals surface area contributed by atoms with Crippen LogP contribution >= 0.6 is 11.3 Å². The van der Waals surface area contributed by atoms with Gasteiger partial charge in [0.2, 0.25) is 0 Å². The third-order valence-corrected chi connectivity index (χ3v) is 6.14. The predicted octanol–water partition coefficient (Wildman–Crippen LogP) is 3.42. The predicted molar refractivity (Wildman–Crippen MR) is 104 cm³/mol. The Morgan fingerprint density at radius 1 is 1.31 bits per heavy atom. The molecule has 6 heteroatoms. The fraction of sp³-hybridized carbons (Fsp3) is 0.550. The van der Waals surface area contributed by atoms with Crippen molar-refractivity contribution in [1.29, 1.82) is 0 Å². The highest BCUT2D eigenvalue weighted by molar-refractivity contribution is 7.17. The number of morpholine rings is 1. The van der Waals surface area contributed by atoms with Crippen LogP contribution in [0.15, 0.2) is 29.6 Å². The molecule has 2 aliphatic heterocycles. The number of hydrogen-bond donors (Lipinski definition) is 1. The van der Waals surface area contributed by atoms with Gasteiger partial charge in [-0.3, -0.25) is 0 Å². The molecule has 26 heavy (non-hydrogen) atoms. The molecule has 140 valence electrons. The average molecular weight is 375 g/mol. The van der Waals surface area contributed by atoms with E-state index in [1.165, 1.54) is 15.6 Å². The van der Waals surface area contributed by atoms with E-state index in [9.17, 15) is 4.79 Å². The molecule has 0 saturated carbocycles. The maximum absolute atomic E-state index is 12.7. The number of rotatable bonds is 3. The molecule has 2 aromatic rings. The molecule has 0 radical (unpaired) electrons. The average Bonchev–Trinajstić information content (AvgIpc) is 3.20. The van der Waals surface area contributed by atoms with Crippen molar-refractivity contribution in [2.24, 2.45) is 0 Å². The summed E-state index contributed by atoms with van der Waals surface area (Å²) in [6.45, 7) is 7.21. The second-order valence-electron chi connectivity index (χ2n) is 7.94. The van der Waals surface area contributed by atoms with Gasteiger partial charge >= 0.3 is 6.03 Å². The zero-order valence-electron chi connectivity index (χ0n) is 15.4. The molecule has 4 rings (SSSR count). The molecule has 3 heterocycles. The number of fused-ring (bicyclic) bond motifs is 1. The SMILES string of the molecule is CC1(C)CN(C(=O)NCCc2csc3ccccc23)CC2(CCOC2)O1. The van der Waals surface area contributed by atoms with E-state index in [-0.39, 0.29) is 17.2 Å². The molecule has 2 amide bonds. The number of urea groups is 1. The van der Waals surface area contributed by atoms with Gasteiger partial charge in [0.05, 0.1) is 25.3 Å². The second-order valence-corrected chi connectivity index (χ2v) is 8.85. The highest BCUT2D eigenvalue weighted by Crippen LogP contribution is 2.34. The third-order valence-electron chi connectivity index (χ3n) is 5.13. The number of ether oxygens (including phenoxy) is 2. The smallest absolute Gasteiger partial charge is 0.317 e. The molecule has 1 N–H and O–H groups in total. The van der Waals surface area contributed by atoms with E-state index in [1.807, 2.05) is 18.7 Å². The molecule has 1 atom stereocenters. The van der Waals surface area contributed by atoms with Gasteiger partial charge < -0.3 is 19.7 Å². The van der Waals surface area contributed by atoms with Gasteiger partial charge in [0.15, 0.2) is 0 Å². The molecule has 1 unspecified atom stereocenters. The van der Waals surface area contributed by atoms with Crippen LogP contribution < -0.4 is 5.32 Å². The first-order valence-corrected chi connectivity index (χ1v) is 10.1. The lowest BCUT2D eigenvalue weighted by Gasteiger charge is -2.47. The summed E-state index contributed by atoms with van der Waals surface area (Å²) in [4.78, 5) is 14.6. The summed E-state index contributed by atoms with van der Waals surface area (Å²) in [7, 11) is 0. The van der Waals surface area contributed by atoms with Crippen LogP contribution in [-0.2, 0) is 15.9 Å². The Labute approximate surface area is 158 Å². The fourth-order valence-electron chi connectivity index (χ4n) is 4.09. The summed E-state index contributed by atoms with van der Waals surface area (Å²) in [6.07, 6.45) is 1.69. The van der Waals surface area contributed by atoms with Gasteiger partial charge in [-0.25, -0.2) is 4.79 Å². The summed E-state index contributed by atoms with van der Waals surface area (Å²) in [5, 5.41) is 6.58. The van der Waals surface area contributed by atoms with Gasteiger partial charge in [-0.1, -0.05) is 18.2 Å². The lowest BCUT2D eigenvalue weighted by atomic mass is 9.95. The number of benzene rings is 1. The Bertz CT molecular complexity index is 795. The van der Waals surface area contributed by atoms with Crippen molar-refractivity contribution < 1.29 is 14.3 Å². The normalized spacial score (nSPS) is 25.1. The molecular weight excluding hydrogens is 348 g/mol. The van der Waals surface area contributed by atoms with Gasteiger partial charge in [-0.15, -0.1) is 11.3 Å². The van der Waals surface area contributed by atoms with Gasteiger partial charge in [0.1, 0.15) is 5.60 Å². The number of hydrogen-bond acceptors (Lipinski definition) is 4. The largest absolute Gasteiger partial charge is 0.378 e. The second kappa shape index (κ2) is 6.83. The molecule has 2 aliphatic rings. The fourth-order valence-corrected chi connectivity index (χ4v) is 5.09. The molecule has 2 fully saturated rings. The van der Waals surface area contributed by atoms with Crippen molar-refractivity contribution in [1.82, 2.24) is 10.2 Å². The first-order valence-electron chi connectivity index (χ1n) is 9.22. The van der Waals surface area contributed by atoms with E-state index < -0.39 is 0 Å². The minimum Gasteiger partial charge on any atom is -0.378 e. The van der Waals surface area contributed by atoms with Crippen LogP contribution in [0.2, 0.25) is 0 Å². The molecule has 2 saturated heterocycles. The monoisotopic (exact) mass is 374 g/mol. The number of thiophene rings is 1. The molecule has 1 aromatic carbocycles. The molecule has 0 bridgehead atoms. The van der Waals surface area contributed by atoms with Crippen LogP contribution in [0.5, 0.6) is 0 Å². The molecule has 5 nitrogen and oxygen atoms in total. The van der Waals surface area contributed by atoms with Crippen LogP contribution in [0.25, 0.3) is 10.1 Å². The minimum atomic E-state index is -0.354. The van der Waals surface area contributed by atoms with E-state index in [0.717, 1.165) is 12.8 Å². The van der Waals surface area contributed by atoms with E-state index in [2.05, 4.69) is 35.0 Å². The van der Waals surface area contributed by atoms with Gasteiger partial charge in [0, 0.05) is 24.3 Å². The Kier molecular flexibility index (Phi) is 4.67. The van der Waals surface area contributed by atoms with Crippen LogP contribution in [0.4, 0.5) is 4.79 Å². The summed E-state index contributed by atoms with van der Waals surface area (Å²) in [5.74, 6) is 0. The van der Waals surface area contributed by atoms with E-state index in [4.69, 9.17) is 9.47 Å². The summed E-state index contributed by atoms with van der Waals surface area (Å²) >= 11 is 1.76. The van der Waals surface area contributed by atoms with Crippen molar-refractivity contribution in [2.75, 3.05) is 32.8 Å². The summed E-state index contributed by atoms with van der Waals surface area (Å²) in [6, 6.07) is 8.41. The quantitative estimate of drug-likeness (QED) is 0.896. The summed E-state index contributed by atoms with van der Waals surface area (Å²) < 4.78 is 13.1. The Balaban J connectivity index is 1.37. The number of nitrogens with one attached hydrogen (secondary N) is 1. The van der Waals surface area contributed by atoms with Crippen LogP contribution in [0.1, 0.15) is 25.8 Å². The van der Waals surface area contributed by atoms with Crippen LogP contribution in [-0.4, -0.2) is 55.0 Å². The number of nitrogens with zero attached hydrogens (tertiary/aromatic N) is 1. The summed E-state index contributed by atoms with van der Waals surface area (Å²) in [5.41, 5.74) is 0.601. The van der Waals surface area contributed by atoms with Gasteiger partial charge in [0.25, 0.3) is 0 Å². The van der Waals surface area contributed by atoms with Crippen molar-refractivity contribution in [2.45, 2.75) is 37.9 Å². The zero-order chi connectivity index (χ0) is 18.2. The first kappa shape index (κ1) is 17.8. The highest BCUT2D eigenvalue weighted by Gasteiger charge is 2.47. The number of carbonyl (C=O) groups excluding carboxylic acids is 1. The molecule has 0 aliphatic carbocycles. The molecule has 1 spiro atoms. The van der Waals surface area contributed by atoms with E-state index in [0.29, 0.717) is 32.8 Å². The van der Waals surface area contributed by atoms with Crippen molar-refractivity contribution >= 4 is 27.5 Å². The van der Waals surface area contributed by atoms with E-state index >= 15 is 0 Å². The standard InChI is InChI=1S/C20H26N2O3S/c1-19(2)12-22(13-20(25-19)8-10-24-14-20)18(23)21-9-7-15-11-26-17-6-4-3-5-16(15)17/h3-6,11H,7-10,12-14H2,1-2H3,(H,21,23). The van der Waals surface area contributed by atoms with Crippen molar-refractivity contribution in [3.8, 4) is 0 Å². The topological polar surface area (TPSA) is 50.8 Å². The lowest BCUT2D eigenvalue weighted by molar-refractivity contribution is -0.185. The maximum Gasteiger partial charge on any atom is 0.317 e. The molecule has 1 aromatic heterocycles. The van der Waals surface area contributed by atoms with Gasteiger partial charge in [-0.2, -0.15) is 0 Å². The zero-order valence-corrected chi connectivity index (χ0v) is 16.2. The lowest BCUT2D eigenvalue weighted by Crippen LogP contribution is -2.62. The van der Waals surface area contributed by atoms with E-state index in [1.54, 1.807) is 11.3 Å². The third kappa shape index (κ3) is 3.59. The highest BCUT2D eigenvalue weighted by atomic mass is 32.1. The Morgan fingerprint density at radius 2 is 2.15 bits per heavy atom. The van der Waals surface area contributed by atoms with Crippen LogP contribution in [0.3, 0.4) is 0 Å². The van der Waals surface area contributed by atoms with Crippen molar-refractivity contribution in [3.63, 3.8) is 0 Å². The molecular formula is C20H26N2O3S. The Morgan fingerprint density at radius 3 is 2.96 bits per heavy atom. The van der Waals surface area contributed by atoms with Gasteiger partial charge in [-0.05, 0) is 42.7 Å². The van der Waals surface area contributed by atoms with Crippen molar-refractivity contribution in [3.05, 3.63) is 35.2 Å². The Hall–Kier alpha value is -1.63. The first-order chi connectivity index (χ1) is 12.5. The minimum absolute atomic E-state index is 0.00724. The maximum atomic E-state index is 12.7.